The molecule has 2 unspecified atom stereocenters. The molecule has 158 valence electrons. The van der Waals surface area contributed by atoms with Crippen molar-refractivity contribution in [2.75, 3.05) is 14.2 Å². The number of benzene rings is 3. The Morgan fingerprint density at radius 2 is 1.58 bits per heavy atom. The number of aliphatic imine (C=N–C) groups is 1. The zero-order chi connectivity index (χ0) is 21.6. The van der Waals surface area contributed by atoms with Crippen LogP contribution in [0.25, 0.3) is 0 Å². The lowest BCUT2D eigenvalue weighted by Crippen LogP contribution is -2.26. The third kappa shape index (κ3) is 4.53. The molecule has 0 bridgehead atoms. The molecule has 0 saturated heterocycles. The fourth-order valence-corrected chi connectivity index (χ4v) is 3.40. The Morgan fingerprint density at radius 1 is 0.903 bits per heavy atom. The van der Waals surface area contributed by atoms with Crippen molar-refractivity contribution in [1.29, 1.82) is 0 Å². The molecule has 0 saturated carbocycles. The number of methoxy groups -OCH3 is 2. The molecule has 0 fully saturated rings. The van der Waals surface area contributed by atoms with E-state index in [0.29, 0.717) is 17.4 Å². The number of rotatable bonds is 7. The Balaban J connectivity index is 1.62. The van der Waals surface area contributed by atoms with Crippen molar-refractivity contribution >= 4 is 11.9 Å². The molecule has 0 N–H and O–H groups in total. The number of ether oxygens (including phenoxy) is 4. The SMILES string of the molecule is COc1ccc(C2OC(c3ccccc3)=NC2C(=O)OCc2ccccc2)cc1OC. The molecule has 1 aliphatic heterocycles. The Kier molecular flexibility index (Phi) is 6.17. The number of hydrogen-bond acceptors (Lipinski definition) is 6. The summed E-state index contributed by atoms with van der Waals surface area (Å²) < 4.78 is 22.4. The first-order valence-electron chi connectivity index (χ1n) is 9.92. The minimum atomic E-state index is -0.836. The maximum absolute atomic E-state index is 13.0. The largest absolute Gasteiger partial charge is 0.493 e. The lowest BCUT2D eigenvalue weighted by Gasteiger charge is -2.19. The summed E-state index contributed by atoms with van der Waals surface area (Å²) in [5.41, 5.74) is 2.45. The smallest absolute Gasteiger partial charge is 0.335 e. The molecule has 0 spiro atoms. The van der Waals surface area contributed by atoms with E-state index in [-0.39, 0.29) is 6.61 Å². The average Bonchev–Trinajstić information content (AvgIpc) is 3.29. The van der Waals surface area contributed by atoms with Gasteiger partial charge in [-0.15, -0.1) is 0 Å². The summed E-state index contributed by atoms with van der Waals surface area (Å²) in [6.07, 6.45) is -0.640. The van der Waals surface area contributed by atoms with E-state index in [4.69, 9.17) is 18.9 Å². The van der Waals surface area contributed by atoms with E-state index in [9.17, 15) is 4.79 Å². The molecule has 0 radical (unpaired) electrons. The predicted octanol–water partition coefficient (Wildman–Crippen LogP) is 4.33. The van der Waals surface area contributed by atoms with Crippen LogP contribution in [0.4, 0.5) is 0 Å². The number of carbonyl (C=O) groups excluding carboxylic acids is 1. The van der Waals surface area contributed by atoms with Crippen LogP contribution in [0.1, 0.15) is 22.8 Å². The zero-order valence-corrected chi connectivity index (χ0v) is 17.4. The average molecular weight is 417 g/mol. The summed E-state index contributed by atoms with van der Waals surface area (Å²) in [5.74, 6) is 1.10. The van der Waals surface area contributed by atoms with Gasteiger partial charge in [0.1, 0.15) is 6.61 Å². The molecule has 6 heteroatoms. The van der Waals surface area contributed by atoms with Gasteiger partial charge in [0.05, 0.1) is 14.2 Å². The topological polar surface area (TPSA) is 66.4 Å². The van der Waals surface area contributed by atoms with Crippen LogP contribution < -0.4 is 9.47 Å². The molecule has 4 rings (SSSR count). The Labute approximate surface area is 181 Å². The van der Waals surface area contributed by atoms with E-state index in [0.717, 1.165) is 16.7 Å². The Bertz CT molecular complexity index is 1070. The molecule has 31 heavy (non-hydrogen) atoms. The normalized spacial score (nSPS) is 17.4. The molecule has 6 nitrogen and oxygen atoms in total. The first-order valence-corrected chi connectivity index (χ1v) is 9.92. The molecule has 0 aromatic heterocycles. The predicted molar refractivity (Wildman–Crippen MR) is 116 cm³/mol. The van der Waals surface area contributed by atoms with Crippen LogP contribution in [0.5, 0.6) is 11.5 Å². The standard InChI is InChI=1S/C25H23NO5/c1-28-20-14-13-19(15-21(20)29-2)23-22(25(27)30-16-17-9-5-3-6-10-17)26-24(31-23)18-11-7-4-8-12-18/h3-15,22-23H,16H2,1-2H3. The Morgan fingerprint density at radius 3 is 2.26 bits per heavy atom. The minimum absolute atomic E-state index is 0.172. The van der Waals surface area contributed by atoms with Gasteiger partial charge in [-0.2, -0.15) is 0 Å². The van der Waals surface area contributed by atoms with E-state index in [1.165, 1.54) is 0 Å². The van der Waals surface area contributed by atoms with Gasteiger partial charge in [0.25, 0.3) is 0 Å². The quantitative estimate of drug-likeness (QED) is 0.535. The maximum Gasteiger partial charge on any atom is 0.335 e. The molecule has 3 aromatic rings. The number of carbonyl (C=O) groups is 1. The summed E-state index contributed by atoms with van der Waals surface area (Å²) in [5, 5.41) is 0. The highest BCUT2D eigenvalue weighted by Crippen LogP contribution is 2.36. The number of esters is 1. The molecule has 2 atom stereocenters. The van der Waals surface area contributed by atoms with Gasteiger partial charge in [0, 0.05) is 5.56 Å². The van der Waals surface area contributed by atoms with E-state index in [1.54, 1.807) is 26.4 Å². The monoisotopic (exact) mass is 417 g/mol. The van der Waals surface area contributed by atoms with Crippen molar-refractivity contribution in [1.82, 2.24) is 0 Å². The number of hydrogen-bond donors (Lipinski definition) is 0. The lowest BCUT2D eigenvalue weighted by atomic mass is 10.0. The van der Waals surface area contributed by atoms with Crippen molar-refractivity contribution < 1.29 is 23.7 Å². The molecular weight excluding hydrogens is 394 g/mol. The third-order valence-corrected chi connectivity index (χ3v) is 5.00. The van der Waals surface area contributed by atoms with Crippen LogP contribution in [0.15, 0.2) is 83.9 Å². The molecule has 1 aliphatic rings. The van der Waals surface area contributed by atoms with Gasteiger partial charge in [-0.1, -0.05) is 54.6 Å². The fourth-order valence-electron chi connectivity index (χ4n) is 3.40. The maximum atomic E-state index is 13.0. The first kappa shape index (κ1) is 20.5. The van der Waals surface area contributed by atoms with Crippen molar-refractivity contribution in [2.24, 2.45) is 4.99 Å². The minimum Gasteiger partial charge on any atom is -0.493 e. The molecule has 0 amide bonds. The van der Waals surface area contributed by atoms with Gasteiger partial charge >= 0.3 is 5.97 Å². The fraction of sp³-hybridized carbons (Fsp3) is 0.200. The lowest BCUT2D eigenvalue weighted by molar-refractivity contribution is -0.148. The summed E-state index contributed by atoms with van der Waals surface area (Å²) in [4.78, 5) is 17.6. The van der Waals surface area contributed by atoms with Crippen LogP contribution in [0.2, 0.25) is 0 Å². The van der Waals surface area contributed by atoms with Crippen LogP contribution in [0, 0.1) is 0 Å². The van der Waals surface area contributed by atoms with Crippen molar-refractivity contribution in [3.8, 4) is 11.5 Å². The van der Waals surface area contributed by atoms with Gasteiger partial charge in [0.2, 0.25) is 5.90 Å². The van der Waals surface area contributed by atoms with E-state index in [1.807, 2.05) is 66.7 Å². The summed E-state index contributed by atoms with van der Waals surface area (Å²) in [7, 11) is 3.14. The van der Waals surface area contributed by atoms with Gasteiger partial charge in [-0.05, 0) is 35.4 Å². The second kappa shape index (κ2) is 9.34. The summed E-state index contributed by atoms with van der Waals surface area (Å²) in [6.45, 7) is 0.172. The van der Waals surface area contributed by atoms with E-state index in [2.05, 4.69) is 4.99 Å². The van der Waals surface area contributed by atoms with E-state index < -0.39 is 18.1 Å². The van der Waals surface area contributed by atoms with Crippen LogP contribution >= 0.6 is 0 Å². The number of nitrogens with zero attached hydrogens (tertiary/aromatic N) is 1. The molecular formula is C25H23NO5. The summed E-state index contributed by atoms with van der Waals surface area (Å²) in [6, 6.07) is 23.6. The molecule has 0 aliphatic carbocycles. The van der Waals surface area contributed by atoms with E-state index >= 15 is 0 Å². The van der Waals surface area contributed by atoms with Gasteiger partial charge in [-0.3, -0.25) is 0 Å². The van der Waals surface area contributed by atoms with Gasteiger partial charge < -0.3 is 18.9 Å². The van der Waals surface area contributed by atoms with Gasteiger partial charge in [0.15, 0.2) is 23.6 Å². The first-order chi connectivity index (χ1) is 15.2. The van der Waals surface area contributed by atoms with Crippen molar-refractivity contribution in [2.45, 2.75) is 18.8 Å². The Hall–Kier alpha value is -3.80. The molecule has 3 aromatic carbocycles. The molecule has 1 heterocycles. The van der Waals surface area contributed by atoms with Crippen molar-refractivity contribution in [3.63, 3.8) is 0 Å². The zero-order valence-electron chi connectivity index (χ0n) is 17.4. The van der Waals surface area contributed by atoms with Crippen LogP contribution in [-0.2, 0) is 20.9 Å². The van der Waals surface area contributed by atoms with Gasteiger partial charge in [-0.25, -0.2) is 9.79 Å². The highest BCUT2D eigenvalue weighted by molar-refractivity contribution is 5.98. The summed E-state index contributed by atoms with van der Waals surface area (Å²) >= 11 is 0. The second-order valence-electron chi connectivity index (χ2n) is 6.99. The van der Waals surface area contributed by atoms with Crippen LogP contribution in [-0.4, -0.2) is 32.1 Å². The van der Waals surface area contributed by atoms with Crippen molar-refractivity contribution in [3.05, 3.63) is 95.6 Å². The highest BCUT2D eigenvalue weighted by Gasteiger charge is 2.39. The van der Waals surface area contributed by atoms with Crippen LogP contribution in [0.3, 0.4) is 0 Å². The third-order valence-electron chi connectivity index (χ3n) is 5.00. The second-order valence-corrected chi connectivity index (χ2v) is 6.99. The highest BCUT2D eigenvalue weighted by atomic mass is 16.5.